The van der Waals surface area contributed by atoms with E-state index in [-0.39, 0.29) is 35.4 Å². The standard InChI is InChI=1S/C25H27N5O4S/c1-3-34-21(31)15-17-8-12-19(13-9-17)27-25(33)30-14-4-5-20(30)23-28-29-24(35-23)22(32)26-18-10-6-16(2)7-11-18/h6-13,20H,3-5,14-15H2,1-2H3,(H,26,32)(H,27,33)/t20-/m0/s1. The number of benzene rings is 2. The van der Waals surface area contributed by atoms with Crippen LogP contribution in [0, 0.1) is 6.92 Å². The highest BCUT2D eigenvalue weighted by molar-refractivity contribution is 7.13. The van der Waals surface area contributed by atoms with E-state index in [1.165, 1.54) is 11.3 Å². The monoisotopic (exact) mass is 493 g/mol. The van der Waals surface area contributed by atoms with Crippen LogP contribution in [0.4, 0.5) is 16.2 Å². The molecule has 2 N–H and O–H groups in total. The molecule has 10 heteroatoms. The smallest absolute Gasteiger partial charge is 0.322 e. The van der Waals surface area contributed by atoms with Crippen molar-refractivity contribution in [3.05, 3.63) is 69.7 Å². The second-order valence-electron chi connectivity index (χ2n) is 8.23. The summed E-state index contributed by atoms with van der Waals surface area (Å²) in [5.74, 6) is -0.609. The summed E-state index contributed by atoms with van der Waals surface area (Å²) >= 11 is 1.20. The van der Waals surface area contributed by atoms with E-state index in [9.17, 15) is 14.4 Å². The quantitative estimate of drug-likeness (QED) is 0.466. The number of aryl methyl sites for hydroxylation is 1. The average molecular weight is 494 g/mol. The largest absolute Gasteiger partial charge is 0.466 e. The van der Waals surface area contributed by atoms with Gasteiger partial charge in [0, 0.05) is 17.9 Å². The van der Waals surface area contributed by atoms with Crippen molar-refractivity contribution < 1.29 is 19.1 Å². The molecule has 3 amide bonds. The molecule has 0 unspecified atom stereocenters. The molecule has 9 nitrogen and oxygen atoms in total. The van der Waals surface area contributed by atoms with Crippen molar-refractivity contribution >= 4 is 40.6 Å². The second-order valence-corrected chi connectivity index (χ2v) is 9.23. The summed E-state index contributed by atoms with van der Waals surface area (Å²) in [5, 5.41) is 14.9. The van der Waals surface area contributed by atoms with Crippen LogP contribution in [0.25, 0.3) is 0 Å². The number of nitrogens with one attached hydrogen (secondary N) is 2. The summed E-state index contributed by atoms with van der Waals surface area (Å²) in [5.41, 5.74) is 3.23. The molecule has 2 heterocycles. The Kier molecular flexibility index (Phi) is 7.71. The van der Waals surface area contributed by atoms with Gasteiger partial charge in [-0.3, -0.25) is 9.59 Å². The van der Waals surface area contributed by atoms with Crippen LogP contribution in [0.15, 0.2) is 48.5 Å². The van der Waals surface area contributed by atoms with Crippen molar-refractivity contribution in [2.75, 3.05) is 23.8 Å². The number of hydrogen-bond acceptors (Lipinski definition) is 7. The fourth-order valence-corrected chi connectivity index (χ4v) is 4.72. The van der Waals surface area contributed by atoms with E-state index in [2.05, 4.69) is 20.8 Å². The third-order valence-corrected chi connectivity index (χ3v) is 6.63. The van der Waals surface area contributed by atoms with Crippen molar-refractivity contribution in [2.24, 2.45) is 0 Å². The Labute approximate surface area is 207 Å². The van der Waals surface area contributed by atoms with Gasteiger partial charge in [-0.15, -0.1) is 10.2 Å². The van der Waals surface area contributed by atoms with Crippen LogP contribution in [0.2, 0.25) is 0 Å². The molecule has 1 fully saturated rings. The highest BCUT2D eigenvalue weighted by Crippen LogP contribution is 2.34. The van der Waals surface area contributed by atoms with Gasteiger partial charge in [-0.05, 0) is 56.5 Å². The van der Waals surface area contributed by atoms with E-state index in [1.54, 1.807) is 36.1 Å². The molecule has 2 aromatic carbocycles. The van der Waals surface area contributed by atoms with E-state index in [0.717, 1.165) is 24.0 Å². The summed E-state index contributed by atoms with van der Waals surface area (Å²) in [7, 11) is 0. The van der Waals surface area contributed by atoms with Gasteiger partial charge < -0.3 is 20.3 Å². The number of nitrogens with zero attached hydrogens (tertiary/aromatic N) is 3. The lowest BCUT2D eigenvalue weighted by Crippen LogP contribution is -2.34. The number of amides is 3. The molecule has 0 bridgehead atoms. The number of ether oxygens (including phenoxy) is 1. The Morgan fingerprint density at radius 1 is 1.03 bits per heavy atom. The molecule has 1 aliphatic heterocycles. The van der Waals surface area contributed by atoms with Crippen LogP contribution < -0.4 is 10.6 Å². The van der Waals surface area contributed by atoms with Crippen molar-refractivity contribution in [1.82, 2.24) is 15.1 Å². The molecule has 35 heavy (non-hydrogen) atoms. The van der Waals surface area contributed by atoms with Crippen molar-refractivity contribution in [2.45, 2.75) is 39.2 Å². The van der Waals surface area contributed by atoms with Gasteiger partial charge in [-0.2, -0.15) is 0 Å². The van der Waals surface area contributed by atoms with Gasteiger partial charge in [-0.1, -0.05) is 41.2 Å². The number of likely N-dealkylation sites (tertiary alicyclic amines) is 1. The summed E-state index contributed by atoms with van der Waals surface area (Å²) < 4.78 is 4.96. The maximum absolute atomic E-state index is 13.0. The zero-order valence-electron chi connectivity index (χ0n) is 19.6. The van der Waals surface area contributed by atoms with Gasteiger partial charge in [0.15, 0.2) is 0 Å². The number of anilines is 2. The Balaban J connectivity index is 1.37. The first-order valence-corrected chi connectivity index (χ1v) is 12.3. The minimum atomic E-state index is -0.325. The molecule has 1 saturated heterocycles. The Bertz CT molecular complexity index is 1190. The molecule has 0 radical (unpaired) electrons. The number of urea groups is 1. The number of esters is 1. The van der Waals surface area contributed by atoms with Crippen molar-refractivity contribution in [3.8, 4) is 0 Å². The maximum Gasteiger partial charge on any atom is 0.322 e. The Hall–Kier alpha value is -3.79. The van der Waals surface area contributed by atoms with E-state index in [1.807, 2.05) is 31.2 Å². The summed E-state index contributed by atoms with van der Waals surface area (Å²) in [6.45, 7) is 4.68. The Morgan fingerprint density at radius 3 is 2.43 bits per heavy atom. The summed E-state index contributed by atoms with van der Waals surface area (Å²) in [4.78, 5) is 38.9. The van der Waals surface area contributed by atoms with Crippen LogP contribution in [-0.4, -0.2) is 46.2 Å². The first-order valence-electron chi connectivity index (χ1n) is 11.5. The number of carbonyl (C=O) groups is 3. The first-order chi connectivity index (χ1) is 16.9. The molecule has 4 rings (SSSR count). The molecule has 1 atom stereocenters. The molecule has 0 aliphatic carbocycles. The topological polar surface area (TPSA) is 114 Å². The van der Waals surface area contributed by atoms with Crippen molar-refractivity contribution in [3.63, 3.8) is 0 Å². The molecule has 0 spiro atoms. The van der Waals surface area contributed by atoms with Crippen LogP contribution in [0.3, 0.4) is 0 Å². The van der Waals surface area contributed by atoms with Crippen LogP contribution in [0.5, 0.6) is 0 Å². The van der Waals surface area contributed by atoms with Gasteiger partial charge in [-0.25, -0.2) is 4.79 Å². The first kappa shape index (κ1) is 24.3. The number of aromatic nitrogens is 2. The lowest BCUT2D eigenvalue weighted by Gasteiger charge is -2.23. The van der Waals surface area contributed by atoms with Gasteiger partial charge in [0.05, 0.1) is 19.1 Å². The van der Waals surface area contributed by atoms with Crippen LogP contribution in [-0.2, 0) is 16.0 Å². The van der Waals surface area contributed by atoms with Gasteiger partial charge in [0.2, 0.25) is 5.01 Å². The molecule has 182 valence electrons. The van der Waals surface area contributed by atoms with E-state index in [0.29, 0.717) is 29.5 Å². The predicted molar refractivity (Wildman–Crippen MR) is 134 cm³/mol. The highest BCUT2D eigenvalue weighted by atomic mass is 32.1. The molecule has 0 saturated carbocycles. The van der Waals surface area contributed by atoms with Crippen LogP contribution >= 0.6 is 11.3 Å². The minimum absolute atomic E-state index is 0.188. The van der Waals surface area contributed by atoms with Gasteiger partial charge in [0.25, 0.3) is 5.91 Å². The fraction of sp³-hybridized carbons (Fsp3) is 0.320. The normalized spacial score (nSPS) is 15.0. The molecule has 1 aromatic heterocycles. The summed E-state index contributed by atoms with van der Waals surface area (Å²) in [6, 6.07) is 14.1. The van der Waals surface area contributed by atoms with Crippen LogP contribution in [0.1, 0.15) is 51.7 Å². The van der Waals surface area contributed by atoms with E-state index in [4.69, 9.17) is 4.74 Å². The second kappa shape index (κ2) is 11.1. The molecule has 1 aliphatic rings. The maximum atomic E-state index is 13.0. The average Bonchev–Trinajstić information content (AvgIpc) is 3.52. The minimum Gasteiger partial charge on any atom is -0.466 e. The van der Waals surface area contributed by atoms with E-state index < -0.39 is 0 Å². The van der Waals surface area contributed by atoms with Gasteiger partial charge >= 0.3 is 12.0 Å². The molecular weight excluding hydrogens is 466 g/mol. The number of hydrogen-bond donors (Lipinski definition) is 2. The SMILES string of the molecule is CCOC(=O)Cc1ccc(NC(=O)N2CCC[C@H]2c2nnc(C(=O)Nc3ccc(C)cc3)s2)cc1. The number of carbonyl (C=O) groups excluding carboxylic acids is 3. The van der Waals surface area contributed by atoms with Crippen molar-refractivity contribution in [1.29, 1.82) is 0 Å². The predicted octanol–water partition coefficient (Wildman–Crippen LogP) is 4.57. The zero-order valence-corrected chi connectivity index (χ0v) is 20.4. The fourth-order valence-electron chi connectivity index (χ4n) is 3.83. The molecular formula is C25H27N5O4S. The third-order valence-electron chi connectivity index (χ3n) is 5.60. The number of rotatable bonds is 7. The molecule has 3 aromatic rings. The Morgan fingerprint density at radius 2 is 1.71 bits per heavy atom. The highest BCUT2D eigenvalue weighted by Gasteiger charge is 2.33. The zero-order chi connectivity index (χ0) is 24.8. The van der Waals surface area contributed by atoms with Gasteiger partial charge in [0.1, 0.15) is 5.01 Å². The van der Waals surface area contributed by atoms with E-state index >= 15 is 0 Å². The third kappa shape index (κ3) is 6.21. The summed E-state index contributed by atoms with van der Waals surface area (Å²) in [6.07, 6.45) is 1.77. The lowest BCUT2D eigenvalue weighted by atomic mass is 10.1. The lowest BCUT2D eigenvalue weighted by molar-refractivity contribution is -0.142.